The molecule has 4 aromatic rings. The van der Waals surface area contributed by atoms with Crippen LogP contribution in [-0.4, -0.2) is 19.5 Å². The lowest BCUT2D eigenvalue weighted by atomic mass is 10.2. The first-order valence-corrected chi connectivity index (χ1v) is 9.40. The number of nitrogens with one attached hydrogen (secondary N) is 1. The summed E-state index contributed by atoms with van der Waals surface area (Å²) < 4.78 is 1.54. The van der Waals surface area contributed by atoms with Gasteiger partial charge < -0.3 is 4.98 Å². The van der Waals surface area contributed by atoms with Gasteiger partial charge in [0.2, 0.25) is 0 Å². The number of nitrogens with zero attached hydrogens (tertiary/aromatic N) is 3. The van der Waals surface area contributed by atoms with E-state index in [1.807, 2.05) is 30.5 Å². The van der Waals surface area contributed by atoms with Crippen molar-refractivity contribution in [3.05, 3.63) is 62.2 Å². The van der Waals surface area contributed by atoms with E-state index in [1.165, 1.54) is 27.7 Å². The second-order valence-corrected chi connectivity index (χ2v) is 7.83. The molecule has 1 aromatic carbocycles. The highest BCUT2D eigenvalue weighted by atomic mass is 32.2. The normalized spacial score (nSPS) is 12.7. The van der Waals surface area contributed by atoms with Gasteiger partial charge in [0, 0.05) is 7.05 Å². The van der Waals surface area contributed by atoms with Gasteiger partial charge in [-0.15, -0.1) is 11.3 Å². The minimum absolute atomic E-state index is 0.0686. The Kier molecular flexibility index (Phi) is 3.93. The fourth-order valence-electron chi connectivity index (χ4n) is 2.60. The molecule has 3 heterocycles. The number of benzene rings is 1. The molecule has 0 saturated carbocycles. The third-order valence-electron chi connectivity index (χ3n) is 3.96. The Bertz CT molecular complexity index is 1210. The number of aromatic amines is 1. The third kappa shape index (κ3) is 2.77. The van der Waals surface area contributed by atoms with Crippen molar-refractivity contribution < 1.29 is 0 Å². The Balaban J connectivity index is 1.75. The third-order valence-corrected chi connectivity index (χ3v) is 5.92. The van der Waals surface area contributed by atoms with Crippen LogP contribution < -0.4 is 11.1 Å². The predicted molar refractivity (Wildman–Crippen MR) is 101 cm³/mol. The molecule has 0 aliphatic rings. The molecule has 0 spiro atoms. The lowest BCUT2D eigenvalue weighted by Gasteiger charge is -2.13. The van der Waals surface area contributed by atoms with E-state index < -0.39 is 0 Å². The van der Waals surface area contributed by atoms with Crippen LogP contribution in [0.2, 0.25) is 0 Å². The minimum atomic E-state index is -0.163. The Morgan fingerprint density at radius 2 is 1.96 bits per heavy atom. The summed E-state index contributed by atoms with van der Waals surface area (Å²) in [5.41, 5.74) is 0.425. The Morgan fingerprint density at radius 1 is 1.16 bits per heavy atom. The molecule has 8 heteroatoms. The molecule has 0 amide bonds. The molecule has 0 saturated heterocycles. The molecule has 0 fully saturated rings. The molecule has 0 aliphatic carbocycles. The number of aromatic nitrogens is 4. The fraction of sp³-hybridized carbons (Fsp3) is 0.176. The van der Waals surface area contributed by atoms with Gasteiger partial charge in [-0.05, 0) is 30.5 Å². The number of hydrogen-bond donors (Lipinski definition) is 1. The van der Waals surface area contributed by atoms with Gasteiger partial charge in [0.1, 0.15) is 10.7 Å². The van der Waals surface area contributed by atoms with Crippen LogP contribution in [0.1, 0.15) is 18.0 Å². The van der Waals surface area contributed by atoms with Crippen molar-refractivity contribution in [2.75, 3.05) is 0 Å². The monoisotopic (exact) mass is 370 g/mol. The zero-order valence-corrected chi connectivity index (χ0v) is 15.1. The second kappa shape index (κ2) is 6.12. The molecule has 126 valence electrons. The van der Waals surface area contributed by atoms with E-state index in [1.54, 1.807) is 19.2 Å². The van der Waals surface area contributed by atoms with Gasteiger partial charge in [-0.25, -0.2) is 9.97 Å². The number of H-pyrrole nitrogens is 1. The highest BCUT2D eigenvalue weighted by Crippen LogP contribution is 2.32. The van der Waals surface area contributed by atoms with Crippen LogP contribution >= 0.6 is 23.1 Å². The first-order valence-electron chi connectivity index (χ1n) is 7.64. The zero-order valence-electron chi connectivity index (χ0n) is 13.5. The molecule has 1 unspecified atom stereocenters. The van der Waals surface area contributed by atoms with E-state index in [2.05, 4.69) is 15.0 Å². The lowest BCUT2D eigenvalue weighted by Crippen LogP contribution is -2.20. The van der Waals surface area contributed by atoms with Crippen LogP contribution in [0.25, 0.3) is 21.1 Å². The molecule has 0 aliphatic heterocycles. The maximum atomic E-state index is 12.4. The largest absolute Gasteiger partial charge is 0.309 e. The molecule has 25 heavy (non-hydrogen) atoms. The molecule has 1 atom stereocenters. The average Bonchev–Trinajstić information content (AvgIpc) is 3.08. The zero-order chi connectivity index (χ0) is 17.6. The summed E-state index contributed by atoms with van der Waals surface area (Å²) in [5, 5.41) is 3.49. The van der Waals surface area contributed by atoms with Gasteiger partial charge in [-0.2, -0.15) is 0 Å². The quantitative estimate of drug-likeness (QED) is 0.443. The maximum Gasteiger partial charge on any atom is 0.262 e. The van der Waals surface area contributed by atoms with Gasteiger partial charge in [-0.1, -0.05) is 23.9 Å². The predicted octanol–water partition coefficient (Wildman–Crippen LogP) is 3.08. The molecular formula is C17H14N4O2S2. The van der Waals surface area contributed by atoms with E-state index in [9.17, 15) is 9.59 Å². The molecule has 1 N–H and O–H groups in total. The van der Waals surface area contributed by atoms with E-state index in [4.69, 9.17) is 0 Å². The van der Waals surface area contributed by atoms with E-state index in [-0.39, 0.29) is 16.4 Å². The summed E-state index contributed by atoms with van der Waals surface area (Å²) in [7, 11) is 1.71. The van der Waals surface area contributed by atoms with Crippen molar-refractivity contribution in [1.29, 1.82) is 0 Å². The first-order chi connectivity index (χ1) is 12.0. The number of thiophene rings is 1. The lowest BCUT2D eigenvalue weighted by molar-refractivity contribution is 0.724. The van der Waals surface area contributed by atoms with Gasteiger partial charge in [0.15, 0.2) is 5.16 Å². The van der Waals surface area contributed by atoms with Gasteiger partial charge in [-0.3, -0.25) is 14.2 Å². The van der Waals surface area contributed by atoms with Crippen molar-refractivity contribution in [1.82, 2.24) is 19.5 Å². The highest BCUT2D eigenvalue weighted by Gasteiger charge is 2.17. The summed E-state index contributed by atoms with van der Waals surface area (Å²) in [6.07, 6.45) is 0. The maximum absolute atomic E-state index is 12.4. The Morgan fingerprint density at radius 3 is 2.80 bits per heavy atom. The first kappa shape index (κ1) is 16.0. The van der Waals surface area contributed by atoms with Crippen LogP contribution in [0.4, 0.5) is 0 Å². The fourth-order valence-corrected chi connectivity index (χ4v) is 4.33. The Labute approximate surface area is 150 Å². The molecule has 4 rings (SSSR count). The van der Waals surface area contributed by atoms with Crippen molar-refractivity contribution in [3.8, 4) is 0 Å². The van der Waals surface area contributed by atoms with Crippen LogP contribution in [0.5, 0.6) is 0 Å². The number of thioether (sulfide) groups is 1. The van der Waals surface area contributed by atoms with Gasteiger partial charge >= 0.3 is 0 Å². The molecule has 0 bridgehead atoms. The number of hydrogen-bond acceptors (Lipinski definition) is 6. The van der Waals surface area contributed by atoms with Crippen LogP contribution in [-0.2, 0) is 7.05 Å². The second-order valence-electron chi connectivity index (χ2n) is 5.63. The summed E-state index contributed by atoms with van der Waals surface area (Å²) in [5.74, 6) is 0.564. The molecule has 3 aromatic heterocycles. The number of fused-ring (bicyclic) bond motifs is 2. The van der Waals surface area contributed by atoms with E-state index in [0.29, 0.717) is 27.3 Å². The van der Waals surface area contributed by atoms with Crippen molar-refractivity contribution in [3.63, 3.8) is 0 Å². The summed E-state index contributed by atoms with van der Waals surface area (Å²) in [6.45, 7) is 1.93. The standard InChI is InChI=1S/C17H14N4O2S2/c1-9(13-18-12-6-4-3-5-10(12)14(22)19-13)25-17-20-15-11(7-8-24-15)16(23)21(17)2/h3-9H,1-2H3,(H,18,19,22). The Hall–Kier alpha value is -2.45. The topological polar surface area (TPSA) is 80.6 Å². The van der Waals surface area contributed by atoms with Gasteiger partial charge in [0.05, 0.1) is 21.5 Å². The SMILES string of the molecule is CC(Sc1nc2sccc2c(=O)n1C)c1nc2ccccc2c(=O)[nH]1. The molecule has 6 nitrogen and oxygen atoms in total. The van der Waals surface area contributed by atoms with Crippen molar-refractivity contribution >= 4 is 44.2 Å². The molecular weight excluding hydrogens is 356 g/mol. The smallest absolute Gasteiger partial charge is 0.262 e. The van der Waals surface area contributed by atoms with Crippen molar-refractivity contribution in [2.24, 2.45) is 7.05 Å². The van der Waals surface area contributed by atoms with Gasteiger partial charge in [0.25, 0.3) is 11.1 Å². The van der Waals surface area contributed by atoms with E-state index >= 15 is 0 Å². The van der Waals surface area contributed by atoms with Crippen molar-refractivity contribution in [2.45, 2.75) is 17.3 Å². The van der Waals surface area contributed by atoms with Crippen LogP contribution in [0.15, 0.2) is 50.5 Å². The number of para-hydroxylation sites is 1. The van der Waals surface area contributed by atoms with E-state index in [0.717, 1.165) is 4.83 Å². The van der Waals surface area contributed by atoms with Crippen LogP contribution in [0.3, 0.4) is 0 Å². The minimum Gasteiger partial charge on any atom is -0.309 e. The summed E-state index contributed by atoms with van der Waals surface area (Å²) in [4.78, 5) is 37.3. The van der Waals surface area contributed by atoms with Crippen LogP contribution in [0, 0.1) is 0 Å². The summed E-state index contributed by atoms with van der Waals surface area (Å²) in [6, 6.07) is 9.02. The highest BCUT2D eigenvalue weighted by molar-refractivity contribution is 7.99. The average molecular weight is 370 g/mol. The molecule has 0 radical (unpaired) electrons. The number of rotatable bonds is 3. The summed E-state index contributed by atoms with van der Waals surface area (Å²) >= 11 is 2.84.